The number of likely N-dealkylation sites (tertiary alicyclic amines) is 1. The van der Waals surface area contributed by atoms with Crippen molar-refractivity contribution in [1.82, 2.24) is 10.2 Å². The monoisotopic (exact) mass is 428 g/mol. The maximum Gasteiger partial charge on any atom is 0.408 e. The number of alkyl halides is 2. The van der Waals surface area contributed by atoms with Crippen LogP contribution in [0.3, 0.4) is 0 Å². The van der Waals surface area contributed by atoms with Crippen molar-refractivity contribution < 1.29 is 27.9 Å². The number of ether oxygens (including phenoxy) is 1. The fraction of sp³-hybridized carbons (Fsp3) is 0.864. The van der Waals surface area contributed by atoms with Gasteiger partial charge in [0.25, 0.3) is 0 Å². The zero-order valence-corrected chi connectivity index (χ0v) is 18.8. The average molecular weight is 429 g/mol. The lowest BCUT2D eigenvalue weighted by atomic mass is 9.81. The Hall–Kier alpha value is -1.73. The number of carbonyl (C=O) groups is 3. The lowest BCUT2D eigenvalue weighted by molar-refractivity contribution is -0.142. The van der Waals surface area contributed by atoms with Gasteiger partial charge in [0.2, 0.25) is 11.8 Å². The molecule has 1 unspecified atom stereocenters. The average Bonchev–Trinajstić information content (AvgIpc) is 2.93. The summed E-state index contributed by atoms with van der Waals surface area (Å²) in [6.07, 6.45) is -1.11. The van der Waals surface area contributed by atoms with Gasteiger partial charge in [-0.3, -0.25) is 9.59 Å². The first-order valence-corrected chi connectivity index (χ1v) is 10.8. The third kappa shape index (κ3) is 4.47. The lowest BCUT2D eigenvalue weighted by Crippen LogP contribution is -2.57. The number of amides is 2. The minimum absolute atomic E-state index is 0.00804. The van der Waals surface area contributed by atoms with Crippen LogP contribution in [0.15, 0.2) is 0 Å². The number of ketones is 1. The number of piperidine rings is 1. The standard InChI is InChI=1S/C22H34F2N2O4/c1-12(27)17-15-14(21(15,5)6)11-26(17)18(28)16(25-19(29)30-20(2,3)4)13-7-9-22(23,24)10-8-13/h13-17H,7-11H2,1-6H3,(H,25,29)/t14-,15-,16?,17+/m0/s1. The van der Waals surface area contributed by atoms with E-state index in [0.29, 0.717) is 6.54 Å². The molecule has 30 heavy (non-hydrogen) atoms. The molecule has 1 heterocycles. The molecule has 3 aliphatic rings. The summed E-state index contributed by atoms with van der Waals surface area (Å²) in [5.74, 6) is -3.24. The van der Waals surface area contributed by atoms with E-state index in [-0.39, 0.29) is 54.6 Å². The Morgan fingerprint density at radius 1 is 1.13 bits per heavy atom. The van der Waals surface area contributed by atoms with Crippen LogP contribution in [0.5, 0.6) is 0 Å². The van der Waals surface area contributed by atoms with E-state index in [2.05, 4.69) is 19.2 Å². The summed E-state index contributed by atoms with van der Waals surface area (Å²) in [7, 11) is 0. The van der Waals surface area contributed by atoms with E-state index in [1.54, 1.807) is 25.7 Å². The largest absolute Gasteiger partial charge is 0.444 e. The number of fused-ring (bicyclic) bond motifs is 1. The van der Waals surface area contributed by atoms with Crippen molar-refractivity contribution >= 4 is 17.8 Å². The lowest BCUT2D eigenvalue weighted by Gasteiger charge is -2.38. The zero-order chi connectivity index (χ0) is 22.6. The molecule has 2 amide bonds. The number of alkyl carbamates (subject to hydrolysis) is 1. The highest BCUT2D eigenvalue weighted by Gasteiger charge is 2.69. The van der Waals surface area contributed by atoms with Crippen LogP contribution in [0, 0.1) is 23.2 Å². The van der Waals surface area contributed by atoms with Gasteiger partial charge < -0.3 is 15.0 Å². The topological polar surface area (TPSA) is 75.7 Å². The van der Waals surface area contributed by atoms with Crippen molar-refractivity contribution in [1.29, 1.82) is 0 Å². The Morgan fingerprint density at radius 2 is 1.70 bits per heavy atom. The van der Waals surface area contributed by atoms with Crippen molar-refractivity contribution in [2.75, 3.05) is 6.54 Å². The summed E-state index contributed by atoms with van der Waals surface area (Å²) in [5, 5.41) is 2.65. The third-order valence-electron chi connectivity index (χ3n) is 7.08. The van der Waals surface area contributed by atoms with Gasteiger partial charge in [-0.05, 0) is 63.7 Å². The molecule has 1 N–H and O–H groups in total. The third-order valence-corrected chi connectivity index (χ3v) is 7.08. The molecule has 2 aliphatic carbocycles. The maximum absolute atomic E-state index is 13.7. The van der Waals surface area contributed by atoms with Gasteiger partial charge >= 0.3 is 6.09 Å². The fourth-order valence-electron chi connectivity index (χ4n) is 5.37. The molecule has 0 spiro atoms. The van der Waals surface area contributed by atoms with E-state index in [0.717, 1.165) is 0 Å². The number of rotatable bonds is 4. The zero-order valence-electron chi connectivity index (χ0n) is 18.8. The number of nitrogens with zero attached hydrogens (tertiary/aromatic N) is 1. The highest BCUT2D eigenvalue weighted by Crippen LogP contribution is 2.65. The van der Waals surface area contributed by atoms with Crippen LogP contribution >= 0.6 is 0 Å². The highest BCUT2D eigenvalue weighted by atomic mass is 19.3. The number of Topliss-reactive ketones (excluding diaryl/α,β-unsaturated/α-hetero) is 1. The Labute approximate surface area is 177 Å². The SMILES string of the molecule is CC(=O)[C@@H]1[C@@H]2[C@H](CN1C(=O)C(NC(=O)OC(C)(C)C)C1CCC(F)(F)CC1)C2(C)C. The molecule has 0 bridgehead atoms. The number of carbonyl (C=O) groups excluding carboxylic acids is 3. The van der Waals surface area contributed by atoms with Crippen LogP contribution in [0.1, 0.15) is 67.2 Å². The Bertz CT molecular complexity index is 721. The molecule has 0 aromatic rings. The van der Waals surface area contributed by atoms with Crippen LogP contribution in [0.2, 0.25) is 0 Å². The van der Waals surface area contributed by atoms with Gasteiger partial charge in [-0.2, -0.15) is 0 Å². The van der Waals surface area contributed by atoms with Crippen LogP contribution in [0.25, 0.3) is 0 Å². The summed E-state index contributed by atoms with van der Waals surface area (Å²) < 4.78 is 32.7. The first-order chi connectivity index (χ1) is 13.6. The highest BCUT2D eigenvalue weighted by molar-refractivity contribution is 5.93. The van der Waals surface area contributed by atoms with Crippen molar-refractivity contribution in [2.45, 2.75) is 90.8 Å². The summed E-state index contributed by atoms with van der Waals surface area (Å²) in [6, 6.07) is -1.50. The van der Waals surface area contributed by atoms with Gasteiger partial charge in [-0.1, -0.05) is 13.8 Å². The van der Waals surface area contributed by atoms with E-state index < -0.39 is 35.6 Å². The molecule has 8 heteroatoms. The molecule has 2 saturated carbocycles. The van der Waals surface area contributed by atoms with Crippen molar-refractivity contribution in [3.05, 3.63) is 0 Å². The summed E-state index contributed by atoms with van der Waals surface area (Å²) in [4.78, 5) is 39.9. The summed E-state index contributed by atoms with van der Waals surface area (Å²) in [5.41, 5.74) is -0.743. The smallest absolute Gasteiger partial charge is 0.408 e. The molecular weight excluding hydrogens is 394 g/mol. The van der Waals surface area contributed by atoms with Crippen molar-refractivity contribution in [2.24, 2.45) is 23.2 Å². The predicted octanol–water partition coefficient (Wildman–Crippen LogP) is 3.78. The predicted molar refractivity (Wildman–Crippen MR) is 107 cm³/mol. The van der Waals surface area contributed by atoms with Crippen LogP contribution in [-0.2, 0) is 14.3 Å². The molecule has 0 radical (unpaired) electrons. The van der Waals surface area contributed by atoms with E-state index in [9.17, 15) is 23.2 Å². The number of hydrogen-bond donors (Lipinski definition) is 1. The molecule has 0 aromatic heterocycles. The molecule has 3 rings (SSSR count). The van der Waals surface area contributed by atoms with Crippen molar-refractivity contribution in [3.8, 4) is 0 Å². The number of nitrogens with one attached hydrogen (secondary N) is 1. The first kappa shape index (κ1) is 22.9. The first-order valence-electron chi connectivity index (χ1n) is 10.8. The molecule has 4 atom stereocenters. The minimum Gasteiger partial charge on any atom is -0.444 e. The van der Waals surface area contributed by atoms with Crippen molar-refractivity contribution in [3.63, 3.8) is 0 Å². The number of hydrogen-bond acceptors (Lipinski definition) is 4. The second-order valence-corrected chi connectivity index (χ2v) is 10.8. The van der Waals surface area contributed by atoms with E-state index in [4.69, 9.17) is 4.74 Å². The summed E-state index contributed by atoms with van der Waals surface area (Å²) >= 11 is 0. The minimum atomic E-state index is -2.74. The molecule has 1 saturated heterocycles. The second kappa shape index (κ2) is 7.45. The van der Waals surface area contributed by atoms with E-state index in [1.165, 1.54) is 6.92 Å². The van der Waals surface area contributed by atoms with Crippen LogP contribution in [-0.4, -0.2) is 52.8 Å². The van der Waals surface area contributed by atoms with E-state index in [1.807, 2.05) is 0 Å². The van der Waals surface area contributed by atoms with Crippen LogP contribution in [0.4, 0.5) is 13.6 Å². The normalized spacial score (nSPS) is 30.9. The van der Waals surface area contributed by atoms with Gasteiger partial charge in [0.15, 0.2) is 5.78 Å². The maximum atomic E-state index is 13.7. The molecule has 6 nitrogen and oxygen atoms in total. The van der Waals surface area contributed by atoms with Gasteiger partial charge in [0.05, 0.1) is 6.04 Å². The van der Waals surface area contributed by atoms with E-state index >= 15 is 0 Å². The van der Waals surface area contributed by atoms with Crippen LogP contribution < -0.4 is 5.32 Å². The second-order valence-electron chi connectivity index (χ2n) is 10.8. The van der Waals surface area contributed by atoms with Gasteiger partial charge in [0, 0.05) is 19.4 Å². The Balaban J connectivity index is 1.80. The Kier molecular flexibility index (Phi) is 5.70. The quantitative estimate of drug-likeness (QED) is 0.740. The molecule has 1 aliphatic heterocycles. The molecule has 170 valence electrons. The Morgan fingerprint density at radius 3 is 2.20 bits per heavy atom. The van der Waals surface area contributed by atoms with Gasteiger partial charge in [0.1, 0.15) is 11.6 Å². The summed E-state index contributed by atoms with van der Waals surface area (Å²) in [6.45, 7) is 11.3. The molecule has 0 aromatic carbocycles. The molecular formula is C22H34F2N2O4. The van der Waals surface area contributed by atoms with Gasteiger partial charge in [-0.15, -0.1) is 0 Å². The van der Waals surface area contributed by atoms with Gasteiger partial charge in [-0.25, -0.2) is 13.6 Å². The number of halogens is 2. The fourth-order valence-corrected chi connectivity index (χ4v) is 5.37. The molecule has 3 fully saturated rings.